The van der Waals surface area contributed by atoms with Gasteiger partial charge in [-0.2, -0.15) is 0 Å². The molecule has 0 fully saturated rings. The van der Waals surface area contributed by atoms with E-state index in [1.807, 2.05) is 18.2 Å². The van der Waals surface area contributed by atoms with Crippen molar-refractivity contribution >= 4 is 16.9 Å². The van der Waals surface area contributed by atoms with Gasteiger partial charge in [0.05, 0.1) is 18.2 Å². The van der Waals surface area contributed by atoms with E-state index in [9.17, 15) is 9.18 Å². The lowest BCUT2D eigenvalue weighted by Gasteiger charge is -2.17. The van der Waals surface area contributed by atoms with E-state index in [1.165, 1.54) is 0 Å². The zero-order valence-electron chi connectivity index (χ0n) is 10.5. The molecule has 0 aliphatic heterocycles. The fourth-order valence-corrected chi connectivity index (χ4v) is 1.93. The molecule has 0 radical (unpaired) electrons. The molecule has 2 aromatic rings. The molecule has 4 nitrogen and oxygen atoms in total. The highest BCUT2D eigenvalue weighted by Crippen LogP contribution is 2.25. The number of carbonyl (C=O) groups excluding carboxylic acids is 1. The highest BCUT2D eigenvalue weighted by Gasteiger charge is 2.28. The zero-order chi connectivity index (χ0) is 13.8. The van der Waals surface area contributed by atoms with Crippen LogP contribution in [0.1, 0.15) is 18.5 Å². The molecule has 1 heterocycles. The highest BCUT2D eigenvalue weighted by molar-refractivity contribution is 5.84. The molecule has 5 heteroatoms. The third-order valence-electron chi connectivity index (χ3n) is 2.87. The fourth-order valence-electron chi connectivity index (χ4n) is 1.93. The monoisotopic (exact) mass is 262 g/mol. The lowest BCUT2D eigenvalue weighted by atomic mass is 9.99. The summed E-state index contributed by atoms with van der Waals surface area (Å²) in [5.41, 5.74) is 7.09. The number of fused-ring (bicyclic) bond motifs is 1. The normalized spacial score (nSPS) is 14.1. The van der Waals surface area contributed by atoms with E-state index in [2.05, 4.69) is 9.72 Å². The first-order chi connectivity index (χ1) is 9.15. The summed E-state index contributed by atoms with van der Waals surface area (Å²) in [6.45, 7) is 1.75. The van der Waals surface area contributed by atoms with E-state index in [0.717, 1.165) is 5.39 Å². The standard InChI is InChI=1S/C14H15FN2O2/c1-2-19-14(18)12(15)13(16)10-7-8-17-11-6-4-3-5-9(10)11/h3-8,12-13H,2,16H2,1H3/t12?,13-/m1/s1. The molecule has 19 heavy (non-hydrogen) atoms. The number of benzene rings is 1. The molecule has 1 unspecified atom stereocenters. The summed E-state index contributed by atoms with van der Waals surface area (Å²) in [4.78, 5) is 15.6. The molecule has 100 valence electrons. The molecule has 0 amide bonds. The Morgan fingerprint density at radius 3 is 2.89 bits per heavy atom. The predicted octanol–water partition coefficient (Wildman–Crippen LogP) is 2.14. The minimum absolute atomic E-state index is 0.128. The van der Waals surface area contributed by atoms with Crippen LogP contribution >= 0.6 is 0 Å². The summed E-state index contributed by atoms with van der Waals surface area (Å²) in [5.74, 6) is -0.934. The Morgan fingerprint density at radius 2 is 2.16 bits per heavy atom. The highest BCUT2D eigenvalue weighted by atomic mass is 19.1. The lowest BCUT2D eigenvalue weighted by Crippen LogP contribution is -2.31. The van der Waals surface area contributed by atoms with Crippen LogP contribution in [0.3, 0.4) is 0 Å². The van der Waals surface area contributed by atoms with Gasteiger partial charge >= 0.3 is 5.97 Å². The van der Waals surface area contributed by atoms with Gasteiger partial charge in [0.1, 0.15) is 0 Å². The molecule has 0 aliphatic carbocycles. The number of halogens is 1. The second-order valence-corrected chi connectivity index (χ2v) is 4.10. The van der Waals surface area contributed by atoms with Crippen molar-refractivity contribution in [2.24, 2.45) is 5.73 Å². The number of pyridine rings is 1. The summed E-state index contributed by atoms with van der Waals surface area (Å²) in [7, 11) is 0. The van der Waals surface area contributed by atoms with Crippen LogP contribution in [-0.2, 0) is 9.53 Å². The van der Waals surface area contributed by atoms with Crippen LogP contribution in [0.4, 0.5) is 4.39 Å². The maximum absolute atomic E-state index is 14.0. The molecular formula is C14H15FN2O2. The average Bonchev–Trinajstić information content (AvgIpc) is 2.45. The molecule has 0 aliphatic rings. The lowest BCUT2D eigenvalue weighted by molar-refractivity contribution is -0.149. The summed E-state index contributed by atoms with van der Waals surface area (Å²) in [5, 5.41) is 0.740. The van der Waals surface area contributed by atoms with Gasteiger partial charge in [-0.1, -0.05) is 18.2 Å². The quantitative estimate of drug-likeness (QED) is 0.857. The van der Waals surface area contributed by atoms with E-state index in [1.54, 1.807) is 25.3 Å². The number of alkyl halides is 1. The number of hydrogen-bond donors (Lipinski definition) is 1. The maximum atomic E-state index is 14.0. The fraction of sp³-hybridized carbons (Fsp3) is 0.286. The van der Waals surface area contributed by atoms with Gasteiger partial charge in [0.2, 0.25) is 6.17 Å². The van der Waals surface area contributed by atoms with Crippen molar-refractivity contribution in [1.29, 1.82) is 0 Å². The summed E-state index contributed by atoms with van der Waals surface area (Å²) in [6.07, 6.45) is -0.333. The number of nitrogens with two attached hydrogens (primary N) is 1. The Kier molecular flexibility index (Phi) is 4.06. The minimum atomic E-state index is -1.88. The molecule has 1 aromatic carbocycles. The van der Waals surface area contributed by atoms with E-state index >= 15 is 0 Å². The van der Waals surface area contributed by atoms with Crippen molar-refractivity contribution in [2.75, 3.05) is 6.61 Å². The van der Waals surface area contributed by atoms with Crippen LogP contribution in [0.15, 0.2) is 36.5 Å². The number of ether oxygens (including phenoxy) is 1. The number of nitrogens with zero attached hydrogens (tertiary/aromatic N) is 1. The van der Waals surface area contributed by atoms with Gasteiger partial charge < -0.3 is 10.5 Å². The Bertz CT molecular complexity index is 583. The third-order valence-corrected chi connectivity index (χ3v) is 2.87. The van der Waals surface area contributed by atoms with Gasteiger partial charge in [-0.05, 0) is 24.6 Å². The first-order valence-corrected chi connectivity index (χ1v) is 6.05. The van der Waals surface area contributed by atoms with Gasteiger partial charge in [0.15, 0.2) is 0 Å². The Balaban J connectivity index is 2.36. The topological polar surface area (TPSA) is 65.2 Å². The van der Waals surface area contributed by atoms with E-state index < -0.39 is 18.2 Å². The first-order valence-electron chi connectivity index (χ1n) is 6.05. The molecule has 0 saturated carbocycles. The Hall–Kier alpha value is -2.01. The zero-order valence-corrected chi connectivity index (χ0v) is 10.5. The van der Waals surface area contributed by atoms with Crippen molar-refractivity contribution in [2.45, 2.75) is 19.1 Å². The van der Waals surface area contributed by atoms with Gasteiger partial charge in [-0.25, -0.2) is 9.18 Å². The van der Waals surface area contributed by atoms with E-state index in [-0.39, 0.29) is 6.61 Å². The van der Waals surface area contributed by atoms with Gasteiger partial charge in [-0.3, -0.25) is 4.98 Å². The summed E-state index contributed by atoms with van der Waals surface area (Å²) in [6, 6.07) is 7.82. The van der Waals surface area contributed by atoms with Gasteiger partial charge in [0, 0.05) is 11.6 Å². The number of hydrogen-bond acceptors (Lipinski definition) is 4. The van der Waals surface area contributed by atoms with Crippen LogP contribution in [-0.4, -0.2) is 23.7 Å². The molecular weight excluding hydrogens is 247 g/mol. The van der Waals surface area contributed by atoms with E-state index in [4.69, 9.17) is 5.73 Å². The second kappa shape index (κ2) is 5.75. The minimum Gasteiger partial charge on any atom is -0.464 e. The van der Waals surface area contributed by atoms with Crippen molar-refractivity contribution in [3.8, 4) is 0 Å². The molecule has 0 spiro atoms. The first kappa shape index (κ1) is 13.4. The van der Waals surface area contributed by atoms with Crippen LogP contribution < -0.4 is 5.73 Å². The molecule has 0 saturated heterocycles. The molecule has 2 rings (SSSR count). The largest absolute Gasteiger partial charge is 0.464 e. The van der Waals surface area contributed by atoms with Crippen LogP contribution in [0.25, 0.3) is 10.9 Å². The Morgan fingerprint density at radius 1 is 1.42 bits per heavy atom. The van der Waals surface area contributed by atoms with Crippen molar-refractivity contribution in [1.82, 2.24) is 4.98 Å². The number of rotatable bonds is 4. The van der Waals surface area contributed by atoms with Gasteiger partial charge in [-0.15, -0.1) is 0 Å². The molecule has 2 N–H and O–H groups in total. The molecule has 2 atom stereocenters. The summed E-state index contributed by atoms with van der Waals surface area (Å²) < 4.78 is 18.6. The Labute approximate surface area is 110 Å². The molecule has 0 bridgehead atoms. The number of esters is 1. The smallest absolute Gasteiger partial charge is 0.342 e. The third kappa shape index (κ3) is 2.71. The molecule has 1 aromatic heterocycles. The van der Waals surface area contributed by atoms with Crippen molar-refractivity contribution in [3.63, 3.8) is 0 Å². The predicted molar refractivity (Wildman–Crippen MR) is 70.2 cm³/mol. The second-order valence-electron chi connectivity index (χ2n) is 4.10. The summed E-state index contributed by atoms with van der Waals surface area (Å²) >= 11 is 0. The van der Waals surface area contributed by atoms with Crippen LogP contribution in [0.5, 0.6) is 0 Å². The SMILES string of the molecule is CCOC(=O)C(F)[C@H](N)c1ccnc2ccccc12. The van der Waals surface area contributed by atoms with E-state index in [0.29, 0.717) is 11.1 Å². The van der Waals surface area contributed by atoms with Crippen LogP contribution in [0.2, 0.25) is 0 Å². The number of carbonyl (C=O) groups is 1. The maximum Gasteiger partial charge on any atom is 0.342 e. The van der Waals surface area contributed by atoms with Crippen molar-refractivity contribution < 1.29 is 13.9 Å². The number of para-hydroxylation sites is 1. The number of aromatic nitrogens is 1. The average molecular weight is 262 g/mol. The van der Waals surface area contributed by atoms with Gasteiger partial charge in [0.25, 0.3) is 0 Å². The van der Waals surface area contributed by atoms with Crippen LogP contribution in [0, 0.1) is 0 Å². The van der Waals surface area contributed by atoms with Crippen molar-refractivity contribution in [3.05, 3.63) is 42.1 Å².